The molecule has 1 aromatic carbocycles. The first kappa shape index (κ1) is 16.7. The van der Waals surface area contributed by atoms with Gasteiger partial charge in [-0.3, -0.25) is 0 Å². The monoisotopic (exact) mass is 354 g/mol. The van der Waals surface area contributed by atoms with Gasteiger partial charge >= 0.3 is 0 Å². The van der Waals surface area contributed by atoms with E-state index < -0.39 is 0 Å². The van der Waals surface area contributed by atoms with E-state index in [4.69, 9.17) is 0 Å². The Morgan fingerprint density at radius 3 is 2.71 bits per heavy atom. The van der Waals surface area contributed by atoms with Crippen LogP contribution in [0.4, 0.5) is 0 Å². The van der Waals surface area contributed by atoms with Crippen LogP contribution in [-0.2, 0) is 19.9 Å². The van der Waals surface area contributed by atoms with E-state index >= 15 is 0 Å². The molecule has 6 heteroatoms. The number of thioether (sulfide) groups is 1. The zero-order valence-corrected chi connectivity index (χ0v) is 15.3. The molecule has 0 fully saturated rings. The summed E-state index contributed by atoms with van der Waals surface area (Å²) in [5.74, 6) is 0.923. The van der Waals surface area contributed by atoms with Gasteiger partial charge in [-0.15, -0.1) is 21.5 Å². The second-order valence-corrected chi connectivity index (χ2v) is 7.84. The highest BCUT2D eigenvalue weighted by Crippen LogP contribution is 2.25. The average Bonchev–Trinajstić information content (AvgIpc) is 3.21. The third-order valence-electron chi connectivity index (χ3n) is 3.77. The van der Waals surface area contributed by atoms with E-state index in [1.165, 1.54) is 27.8 Å². The average molecular weight is 355 g/mol. The summed E-state index contributed by atoms with van der Waals surface area (Å²) in [4.78, 5) is 1.26. The summed E-state index contributed by atoms with van der Waals surface area (Å²) < 4.78 is 1.99. The van der Waals surface area contributed by atoms with Crippen LogP contribution in [-0.4, -0.2) is 20.0 Å². The van der Waals surface area contributed by atoms with Crippen LogP contribution >= 0.6 is 23.1 Å². The van der Waals surface area contributed by atoms with Gasteiger partial charge in [-0.1, -0.05) is 47.7 Å². The molecule has 3 rings (SSSR count). The lowest BCUT2D eigenvalue weighted by Crippen LogP contribution is -2.07. The summed E-state index contributed by atoms with van der Waals surface area (Å²) in [5, 5.41) is 20.7. The van der Waals surface area contributed by atoms with Gasteiger partial charge < -0.3 is 4.57 Å². The molecule has 0 aliphatic heterocycles. The van der Waals surface area contributed by atoms with Crippen LogP contribution in [0.1, 0.15) is 21.8 Å². The Hall–Kier alpha value is -2.10. The number of thiophene rings is 1. The molecule has 0 saturated carbocycles. The fourth-order valence-corrected chi connectivity index (χ4v) is 3.99. The largest absolute Gasteiger partial charge is 0.309 e. The van der Waals surface area contributed by atoms with Gasteiger partial charge in [0.25, 0.3) is 0 Å². The summed E-state index contributed by atoms with van der Waals surface area (Å²) in [5.41, 5.74) is 2.40. The predicted octanol–water partition coefficient (Wildman–Crippen LogP) is 4.00. The number of hydrogen-bond donors (Lipinski definition) is 0. The minimum absolute atomic E-state index is 0.176. The highest BCUT2D eigenvalue weighted by molar-refractivity contribution is 8.00. The SMILES string of the molecule is Cc1ccc(C[C@@H](C#N)Sc2nnc(Cc3cccs3)n2C)cc1. The molecule has 2 aromatic heterocycles. The van der Waals surface area contributed by atoms with Crippen LogP contribution < -0.4 is 0 Å². The van der Waals surface area contributed by atoms with E-state index in [-0.39, 0.29) is 5.25 Å². The summed E-state index contributed by atoms with van der Waals surface area (Å²) in [6.45, 7) is 2.06. The van der Waals surface area contributed by atoms with Crippen molar-refractivity contribution in [1.29, 1.82) is 5.26 Å². The number of nitriles is 1. The Morgan fingerprint density at radius 2 is 2.04 bits per heavy atom. The fraction of sp³-hybridized carbons (Fsp3) is 0.278. The first-order valence-electron chi connectivity index (χ1n) is 7.68. The van der Waals surface area contributed by atoms with Crippen LogP contribution in [0.2, 0.25) is 0 Å². The number of rotatable bonds is 6. The molecule has 0 spiro atoms. The highest BCUT2D eigenvalue weighted by atomic mass is 32.2. The van der Waals surface area contributed by atoms with Crippen molar-refractivity contribution in [2.75, 3.05) is 0 Å². The zero-order chi connectivity index (χ0) is 16.9. The molecule has 1 atom stereocenters. The Balaban J connectivity index is 1.69. The number of benzene rings is 1. The Bertz CT molecular complexity index is 829. The lowest BCUT2D eigenvalue weighted by atomic mass is 10.1. The lowest BCUT2D eigenvalue weighted by Gasteiger charge is -2.09. The molecule has 0 aliphatic rings. The molecular formula is C18H18N4S2. The summed E-state index contributed by atoms with van der Waals surface area (Å²) in [6, 6.07) is 14.8. The van der Waals surface area contributed by atoms with Crippen LogP contribution in [0, 0.1) is 18.3 Å². The van der Waals surface area contributed by atoms with Gasteiger partial charge in [0.15, 0.2) is 5.16 Å². The van der Waals surface area contributed by atoms with Crippen LogP contribution in [0.25, 0.3) is 0 Å². The second kappa shape index (κ2) is 7.65. The van der Waals surface area contributed by atoms with Crippen molar-refractivity contribution in [3.8, 4) is 6.07 Å². The standard InChI is InChI=1S/C18H18N4S2/c1-13-5-7-14(8-6-13)10-16(12-19)24-18-21-20-17(22(18)2)11-15-4-3-9-23-15/h3-9,16H,10-11H2,1-2H3/t16-/m0/s1. The molecule has 3 aromatic rings. The second-order valence-electron chi connectivity index (χ2n) is 5.64. The van der Waals surface area contributed by atoms with Crippen molar-refractivity contribution in [2.45, 2.75) is 30.2 Å². The number of nitrogens with zero attached hydrogens (tertiary/aromatic N) is 4. The molecule has 0 radical (unpaired) electrons. The van der Waals surface area contributed by atoms with Crippen molar-refractivity contribution < 1.29 is 0 Å². The minimum atomic E-state index is -0.176. The van der Waals surface area contributed by atoms with Crippen LogP contribution in [0.15, 0.2) is 46.9 Å². The van der Waals surface area contributed by atoms with Crippen molar-refractivity contribution >= 4 is 23.1 Å². The normalized spacial score (nSPS) is 12.0. The molecule has 0 aliphatic carbocycles. The lowest BCUT2D eigenvalue weighted by molar-refractivity contribution is 0.749. The van der Waals surface area contributed by atoms with E-state index in [9.17, 15) is 5.26 Å². The zero-order valence-electron chi connectivity index (χ0n) is 13.6. The van der Waals surface area contributed by atoms with Crippen LogP contribution in [0.3, 0.4) is 0 Å². The molecule has 2 heterocycles. The van der Waals surface area contributed by atoms with Gasteiger partial charge in [0.1, 0.15) is 11.1 Å². The third-order valence-corrected chi connectivity index (χ3v) is 5.77. The maximum Gasteiger partial charge on any atom is 0.192 e. The molecule has 0 N–H and O–H groups in total. The molecule has 24 heavy (non-hydrogen) atoms. The van der Waals surface area contributed by atoms with Crippen molar-refractivity contribution in [3.63, 3.8) is 0 Å². The molecule has 0 unspecified atom stereocenters. The van der Waals surface area contributed by atoms with Crippen molar-refractivity contribution in [3.05, 3.63) is 63.6 Å². The van der Waals surface area contributed by atoms with Gasteiger partial charge in [0.05, 0.1) is 6.07 Å². The first-order chi connectivity index (χ1) is 11.7. The molecule has 0 bridgehead atoms. The highest BCUT2D eigenvalue weighted by Gasteiger charge is 2.17. The van der Waals surface area contributed by atoms with Gasteiger partial charge in [0, 0.05) is 18.3 Å². The van der Waals surface area contributed by atoms with Crippen molar-refractivity contribution in [2.24, 2.45) is 7.05 Å². The van der Waals surface area contributed by atoms with E-state index in [0.717, 1.165) is 17.4 Å². The maximum absolute atomic E-state index is 9.48. The molecular weight excluding hydrogens is 336 g/mol. The van der Waals surface area contributed by atoms with E-state index in [1.807, 2.05) is 17.7 Å². The molecule has 0 saturated heterocycles. The van der Waals surface area contributed by atoms with Gasteiger partial charge in [-0.2, -0.15) is 5.26 Å². The summed E-state index contributed by atoms with van der Waals surface area (Å²) in [7, 11) is 1.96. The first-order valence-corrected chi connectivity index (χ1v) is 9.44. The van der Waals surface area contributed by atoms with E-state index in [2.05, 4.69) is 58.9 Å². The smallest absolute Gasteiger partial charge is 0.192 e. The third kappa shape index (κ3) is 4.05. The molecule has 122 valence electrons. The topological polar surface area (TPSA) is 54.5 Å². The Labute approximate surface area is 150 Å². The van der Waals surface area contributed by atoms with Crippen molar-refractivity contribution in [1.82, 2.24) is 14.8 Å². The van der Waals surface area contributed by atoms with Gasteiger partial charge in [-0.05, 0) is 30.4 Å². The van der Waals surface area contributed by atoms with E-state index in [0.29, 0.717) is 6.42 Å². The number of aromatic nitrogens is 3. The Morgan fingerprint density at radius 1 is 1.25 bits per heavy atom. The number of hydrogen-bond acceptors (Lipinski definition) is 5. The molecule has 0 amide bonds. The van der Waals surface area contributed by atoms with Gasteiger partial charge in [0.2, 0.25) is 0 Å². The minimum Gasteiger partial charge on any atom is -0.309 e. The number of aryl methyl sites for hydroxylation is 1. The fourth-order valence-electron chi connectivity index (χ4n) is 2.35. The quantitative estimate of drug-likeness (QED) is 0.628. The maximum atomic E-state index is 9.48. The summed E-state index contributed by atoms with van der Waals surface area (Å²) >= 11 is 3.20. The Kier molecular flexibility index (Phi) is 5.34. The van der Waals surface area contributed by atoms with E-state index in [1.54, 1.807) is 11.3 Å². The summed E-state index contributed by atoms with van der Waals surface area (Å²) in [6.07, 6.45) is 1.48. The van der Waals surface area contributed by atoms with Gasteiger partial charge in [-0.25, -0.2) is 0 Å². The molecule has 4 nitrogen and oxygen atoms in total. The van der Waals surface area contributed by atoms with Crippen LogP contribution in [0.5, 0.6) is 0 Å². The predicted molar refractivity (Wildman–Crippen MR) is 98.3 cm³/mol.